The van der Waals surface area contributed by atoms with Crippen molar-refractivity contribution < 1.29 is 5.11 Å². The Morgan fingerprint density at radius 3 is 2.79 bits per heavy atom. The van der Waals surface area contributed by atoms with Gasteiger partial charge in [0, 0.05) is 22.7 Å². The van der Waals surface area contributed by atoms with Crippen LogP contribution in [0.5, 0.6) is 0 Å². The molecule has 8 nitrogen and oxygen atoms in total. The molecule has 2 aromatic heterocycles. The fourth-order valence-electron chi connectivity index (χ4n) is 3.67. The smallest absolute Gasteiger partial charge is 0.226 e. The third-order valence-corrected chi connectivity index (χ3v) is 5.87. The van der Waals surface area contributed by atoms with Crippen LogP contribution in [0.4, 0.5) is 17.5 Å². The minimum absolute atomic E-state index is 0.176. The van der Waals surface area contributed by atoms with Crippen molar-refractivity contribution in [2.45, 2.75) is 37.8 Å². The number of nitriles is 1. The van der Waals surface area contributed by atoms with Crippen molar-refractivity contribution in [1.29, 1.82) is 5.26 Å². The van der Waals surface area contributed by atoms with Crippen molar-refractivity contribution in [1.82, 2.24) is 19.5 Å². The molecular formula is C20H20BrN7O. The number of aliphatic hydroxyl groups excluding tert-OH is 1. The van der Waals surface area contributed by atoms with Gasteiger partial charge in [0.2, 0.25) is 5.95 Å². The van der Waals surface area contributed by atoms with Gasteiger partial charge in [0.15, 0.2) is 17.0 Å². The fraction of sp³-hybridized carbons (Fsp3) is 0.400. The second-order valence-corrected chi connectivity index (χ2v) is 8.70. The van der Waals surface area contributed by atoms with Gasteiger partial charge in [0.1, 0.15) is 0 Å². The molecule has 1 aromatic carbocycles. The standard InChI is InChI=1S/C20H20BrN7O/c21-13-3-11(8-22)4-14(7-13)25-18-17-19(28(10-24-17)15-1-2-15)27-20(26-18)23-9-12-5-16(29)6-12/h3-4,7,10,12,15-16,29H,1-2,5-6,9H2,(H2,23,25,26,27). The molecule has 9 heteroatoms. The summed E-state index contributed by atoms with van der Waals surface area (Å²) in [7, 11) is 0. The van der Waals surface area contributed by atoms with Gasteiger partial charge in [0.05, 0.1) is 24.1 Å². The van der Waals surface area contributed by atoms with Crippen LogP contribution in [0.2, 0.25) is 0 Å². The van der Waals surface area contributed by atoms with Crippen LogP contribution in [0.1, 0.15) is 37.3 Å². The number of aromatic nitrogens is 4. The molecule has 3 N–H and O–H groups in total. The number of nitrogens with one attached hydrogen (secondary N) is 2. The van der Waals surface area contributed by atoms with Crippen LogP contribution < -0.4 is 10.6 Å². The predicted octanol–water partition coefficient (Wildman–Crippen LogP) is 3.72. The number of imidazole rings is 1. The lowest BCUT2D eigenvalue weighted by Gasteiger charge is -2.31. The lowest BCUT2D eigenvalue weighted by molar-refractivity contribution is 0.0486. The van der Waals surface area contributed by atoms with E-state index in [9.17, 15) is 10.4 Å². The number of hydrogen-bond acceptors (Lipinski definition) is 7. The van der Waals surface area contributed by atoms with Crippen molar-refractivity contribution in [2.24, 2.45) is 5.92 Å². The van der Waals surface area contributed by atoms with Gasteiger partial charge in [-0.15, -0.1) is 0 Å². The van der Waals surface area contributed by atoms with Crippen LogP contribution in [0.25, 0.3) is 11.2 Å². The summed E-state index contributed by atoms with van der Waals surface area (Å²) >= 11 is 3.45. The zero-order chi connectivity index (χ0) is 20.0. The highest BCUT2D eigenvalue weighted by molar-refractivity contribution is 9.10. The van der Waals surface area contributed by atoms with Gasteiger partial charge in [-0.2, -0.15) is 15.2 Å². The first kappa shape index (κ1) is 18.3. The summed E-state index contributed by atoms with van der Waals surface area (Å²) in [5.41, 5.74) is 2.82. The van der Waals surface area contributed by atoms with Crippen molar-refractivity contribution in [2.75, 3.05) is 17.2 Å². The van der Waals surface area contributed by atoms with Gasteiger partial charge < -0.3 is 20.3 Å². The molecule has 29 heavy (non-hydrogen) atoms. The van der Waals surface area contributed by atoms with E-state index in [2.05, 4.69) is 47.2 Å². The highest BCUT2D eigenvalue weighted by atomic mass is 79.9. The molecule has 0 unspecified atom stereocenters. The van der Waals surface area contributed by atoms with Crippen LogP contribution in [0.15, 0.2) is 29.0 Å². The van der Waals surface area contributed by atoms with Gasteiger partial charge in [0.25, 0.3) is 0 Å². The Kier molecular flexibility index (Phi) is 4.60. The van der Waals surface area contributed by atoms with Gasteiger partial charge in [-0.3, -0.25) is 0 Å². The molecule has 2 fully saturated rings. The molecule has 0 amide bonds. The summed E-state index contributed by atoms with van der Waals surface area (Å²) in [5, 5.41) is 25.4. The molecule has 0 radical (unpaired) electrons. The molecule has 2 heterocycles. The molecule has 0 saturated heterocycles. The SMILES string of the molecule is N#Cc1cc(Br)cc(Nc2nc(NCC3CC(O)C3)nc3c2ncn3C2CC2)c1. The summed E-state index contributed by atoms with van der Waals surface area (Å²) in [6.45, 7) is 0.731. The predicted molar refractivity (Wildman–Crippen MR) is 113 cm³/mol. The van der Waals surface area contributed by atoms with E-state index in [1.165, 1.54) is 0 Å². The summed E-state index contributed by atoms with van der Waals surface area (Å²) in [5.74, 6) is 1.59. The first-order valence-corrected chi connectivity index (χ1v) is 10.5. The second-order valence-electron chi connectivity index (χ2n) is 7.79. The molecule has 0 bridgehead atoms. The van der Waals surface area contributed by atoms with Crippen molar-refractivity contribution in [3.05, 3.63) is 34.6 Å². The molecule has 2 saturated carbocycles. The Morgan fingerprint density at radius 2 is 2.07 bits per heavy atom. The lowest BCUT2D eigenvalue weighted by Crippen LogP contribution is -2.33. The molecule has 2 aliphatic carbocycles. The highest BCUT2D eigenvalue weighted by Crippen LogP contribution is 2.38. The number of anilines is 3. The quantitative estimate of drug-likeness (QED) is 0.521. The van der Waals surface area contributed by atoms with Crippen molar-refractivity contribution >= 4 is 44.5 Å². The van der Waals surface area contributed by atoms with E-state index in [1.807, 2.05) is 12.4 Å². The monoisotopic (exact) mass is 453 g/mol. The van der Waals surface area contributed by atoms with E-state index < -0.39 is 0 Å². The molecule has 2 aliphatic rings. The van der Waals surface area contributed by atoms with Gasteiger partial charge in [-0.05, 0) is 49.8 Å². The number of benzene rings is 1. The molecule has 5 rings (SSSR count). The van der Waals surface area contributed by atoms with E-state index in [0.717, 1.165) is 48.0 Å². The number of rotatable bonds is 6. The molecule has 0 aliphatic heterocycles. The average molecular weight is 454 g/mol. The number of hydrogen-bond donors (Lipinski definition) is 3. The number of halogens is 1. The average Bonchev–Trinajstić information content (AvgIpc) is 3.43. The molecule has 3 aromatic rings. The third-order valence-electron chi connectivity index (χ3n) is 5.41. The van der Waals surface area contributed by atoms with Crippen LogP contribution in [-0.4, -0.2) is 37.3 Å². The summed E-state index contributed by atoms with van der Waals surface area (Å²) in [4.78, 5) is 13.9. The maximum absolute atomic E-state index is 9.50. The van der Waals surface area contributed by atoms with Gasteiger partial charge >= 0.3 is 0 Å². The van der Waals surface area contributed by atoms with Crippen LogP contribution in [-0.2, 0) is 0 Å². The third kappa shape index (κ3) is 3.78. The van der Waals surface area contributed by atoms with Crippen LogP contribution >= 0.6 is 15.9 Å². The maximum atomic E-state index is 9.50. The first-order valence-electron chi connectivity index (χ1n) is 9.73. The van der Waals surface area contributed by atoms with E-state index in [1.54, 1.807) is 12.1 Å². The molecule has 148 valence electrons. The number of aliphatic hydroxyl groups is 1. The fourth-order valence-corrected chi connectivity index (χ4v) is 4.16. The summed E-state index contributed by atoms with van der Waals surface area (Å²) < 4.78 is 2.93. The zero-order valence-corrected chi connectivity index (χ0v) is 17.2. The zero-order valence-electron chi connectivity index (χ0n) is 15.6. The molecule has 0 spiro atoms. The normalized spacial score (nSPS) is 20.9. The largest absolute Gasteiger partial charge is 0.393 e. The first-order chi connectivity index (χ1) is 14.1. The molecule has 0 atom stereocenters. The van der Waals surface area contributed by atoms with E-state index in [4.69, 9.17) is 4.98 Å². The second kappa shape index (κ2) is 7.28. The molecular weight excluding hydrogens is 434 g/mol. The minimum Gasteiger partial charge on any atom is -0.393 e. The number of nitrogens with zero attached hydrogens (tertiary/aromatic N) is 5. The van der Waals surface area contributed by atoms with Gasteiger partial charge in [-0.25, -0.2) is 4.98 Å². The van der Waals surface area contributed by atoms with Crippen LogP contribution in [0, 0.1) is 17.2 Å². The Bertz CT molecular complexity index is 1110. The van der Waals surface area contributed by atoms with Crippen LogP contribution in [0.3, 0.4) is 0 Å². The summed E-state index contributed by atoms with van der Waals surface area (Å²) in [6, 6.07) is 8.06. The Morgan fingerprint density at radius 1 is 1.24 bits per heavy atom. The van der Waals surface area contributed by atoms with Crippen molar-refractivity contribution in [3.8, 4) is 6.07 Å². The summed E-state index contributed by atoms with van der Waals surface area (Å²) in [6.07, 6.45) is 5.56. The maximum Gasteiger partial charge on any atom is 0.226 e. The highest BCUT2D eigenvalue weighted by Gasteiger charge is 2.28. The lowest BCUT2D eigenvalue weighted by atomic mass is 9.82. The topological polar surface area (TPSA) is 112 Å². The Balaban J connectivity index is 1.49. The van der Waals surface area contributed by atoms with E-state index in [0.29, 0.717) is 34.8 Å². The van der Waals surface area contributed by atoms with E-state index >= 15 is 0 Å². The van der Waals surface area contributed by atoms with Crippen molar-refractivity contribution in [3.63, 3.8) is 0 Å². The van der Waals surface area contributed by atoms with E-state index in [-0.39, 0.29) is 6.10 Å². The Labute approximate surface area is 176 Å². The van der Waals surface area contributed by atoms with Gasteiger partial charge in [-0.1, -0.05) is 15.9 Å². The Hall–Kier alpha value is -2.70. The minimum atomic E-state index is -0.176. The number of fused-ring (bicyclic) bond motifs is 1.